The first kappa shape index (κ1) is 17.5. The van der Waals surface area contributed by atoms with Gasteiger partial charge in [-0.15, -0.1) is 0 Å². The smallest absolute Gasteiger partial charge is 0.185 e. The molecule has 5 N–H and O–H groups in total. The van der Waals surface area contributed by atoms with Crippen molar-refractivity contribution in [1.82, 2.24) is 9.97 Å². The molecule has 0 spiro atoms. The Bertz CT molecular complexity index is 743. The Morgan fingerprint density at radius 2 is 2.25 bits per heavy atom. The fourth-order valence-electron chi connectivity index (χ4n) is 2.36. The molecule has 1 unspecified atom stereocenters. The second kappa shape index (κ2) is 8.71. The summed E-state index contributed by atoms with van der Waals surface area (Å²) in [6, 6.07) is 4.19. The fourth-order valence-corrected chi connectivity index (χ4v) is 2.36. The van der Waals surface area contributed by atoms with Crippen LogP contribution >= 0.6 is 0 Å². The van der Waals surface area contributed by atoms with Crippen LogP contribution in [0.4, 0.5) is 0 Å². The first-order valence-corrected chi connectivity index (χ1v) is 7.87. The molecule has 1 heterocycles. The third-order valence-electron chi connectivity index (χ3n) is 3.56. The van der Waals surface area contributed by atoms with Crippen LogP contribution in [0.25, 0.3) is 17.1 Å². The van der Waals surface area contributed by atoms with Crippen molar-refractivity contribution in [3.63, 3.8) is 0 Å². The molecule has 0 radical (unpaired) electrons. The molecule has 7 nitrogen and oxygen atoms in total. The molecule has 0 bridgehead atoms. The standard InChI is InChI=1S/C17H24N6O/c1-12(5-3-10-21-17(18)19)20-9-4-6-13-7-8-14-15(16(13)24-2)23-11-22-14/h4,6-9,11-12H,3,5,10H2,1-2H3,(H,22,23)(H4,18,19,21)/b6-4+,20-9?. The van der Waals surface area contributed by atoms with Crippen LogP contribution in [-0.2, 0) is 0 Å². The van der Waals surface area contributed by atoms with Crippen LogP contribution in [0, 0.1) is 0 Å². The summed E-state index contributed by atoms with van der Waals surface area (Å²) in [7, 11) is 1.65. The number of imidazole rings is 1. The van der Waals surface area contributed by atoms with E-state index in [0.29, 0.717) is 6.54 Å². The number of nitrogens with zero attached hydrogens (tertiary/aromatic N) is 3. The SMILES string of the molecule is COc1c(/C=C/C=NC(C)CCCN=C(N)N)ccc2[nH]cnc12. The number of hydrogen-bond donors (Lipinski definition) is 3. The molecule has 0 fully saturated rings. The van der Waals surface area contributed by atoms with Gasteiger partial charge in [0.2, 0.25) is 0 Å². The van der Waals surface area contributed by atoms with Gasteiger partial charge in [0.05, 0.1) is 19.0 Å². The van der Waals surface area contributed by atoms with Crippen molar-refractivity contribution in [2.45, 2.75) is 25.8 Å². The molecule has 0 amide bonds. The van der Waals surface area contributed by atoms with E-state index >= 15 is 0 Å². The van der Waals surface area contributed by atoms with Gasteiger partial charge in [-0.3, -0.25) is 9.98 Å². The molecule has 2 aromatic rings. The number of benzene rings is 1. The maximum absolute atomic E-state index is 5.47. The summed E-state index contributed by atoms with van der Waals surface area (Å²) in [4.78, 5) is 15.8. The molecule has 128 valence electrons. The number of guanidine groups is 1. The van der Waals surface area contributed by atoms with Gasteiger partial charge in [-0.05, 0) is 44.1 Å². The van der Waals surface area contributed by atoms with E-state index in [1.807, 2.05) is 24.3 Å². The predicted molar refractivity (Wildman–Crippen MR) is 99.5 cm³/mol. The molecule has 0 aliphatic carbocycles. The molecule has 1 aromatic heterocycles. The minimum absolute atomic E-state index is 0.136. The highest BCUT2D eigenvalue weighted by atomic mass is 16.5. The number of fused-ring (bicyclic) bond motifs is 1. The molecule has 1 atom stereocenters. The Morgan fingerprint density at radius 3 is 3.00 bits per heavy atom. The van der Waals surface area contributed by atoms with Gasteiger partial charge in [0.25, 0.3) is 0 Å². The Labute approximate surface area is 141 Å². The Hall–Kier alpha value is -2.83. The van der Waals surface area contributed by atoms with Crippen molar-refractivity contribution in [2.75, 3.05) is 13.7 Å². The third-order valence-corrected chi connectivity index (χ3v) is 3.56. The van der Waals surface area contributed by atoms with Gasteiger partial charge in [0.15, 0.2) is 11.7 Å². The third kappa shape index (κ3) is 4.84. The zero-order valence-corrected chi connectivity index (χ0v) is 14.1. The first-order chi connectivity index (χ1) is 11.6. The zero-order valence-electron chi connectivity index (χ0n) is 14.1. The van der Waals surface area contributed by atoms with E-state index in [9.17, 15) is 0 Å². The average molecular weight is 328 g/mol. The number of aromatic nitrogens is 2. The Kier molecular flexibility index (Phi) is 6.36. The van der Waals surface area contributed by atoms with Gasteiger partial charge in [0, 0.05) is 24.4 Å². The predicted octanol–water partition coefficient (Wildman–Crippen LogP) is 2.10. The highest BCUT2D eigenvalue weighted by molar-refractivity contribution is 5.88. The van der Waals surface area contributed by atoms with Crippen LogP contribution in [0.3, 0.4) is 0 Å². The summed E-state index contributed by atoms with van der Waals surface area (Å²) in [5.41, 5.74) is 13.3. The van der Waals surface area contributed by atoms with Crippen molar-refractivity contribution in [2.24, 2.45) is 21.5 Å². The number of nitrogens with one attached hydrogen (secondary N) is 1. The van der Waals surface area contributed by atoms with Gasteiger partial charge in [-0.2, -0.15) is 0 Å². The van der Waals surface area contributed by atoms with Crippen molar-refractivity contribution in [1.29, 1.82) is 0 Å². The summed E-state index contributed by atoms with van der Waals surface area (Å²) >= 11 is 0. The summed E-state index contributed by atoms with van der Waals surface area (Å²) in [5, 5.41) is 0. The van der Waals surface area contributed by atoms with Crippen LogP contribution in [-0.4, -0.2) is 41.8 Å². The maximum atomic E-state index is 5.47. The molecule has 0 saturated carbocycles. The highest BCUT2D eigenvalue weighted by Gasteiger charge is 2.07. The molecular formula is C17H24N6O. The first-order valence-electron chi connectivity index (χ1n) is 7.87. The lowest BCUT2D eigenvalue weighted by Crippen LogP contribution is -2.23. The van der Waals surface area contributed by atoms with E-state index in [0.717, 1.165) is 35.2 Å². The number of rotatable bonds is 8. The monoisotopic (exact) mass is 328 g/mol. The molecule has 7 heteroatoms. The second-order valence-corrected chi connectivity index (χ2v) is 5.44. The van der Waals surface area contributed by atoms with Gasteiger partial charge in [0.1, 0.15) is 5.52 Å². The minimum atomic E-state index is 0.136. The van der Waals surface area contributed by atoms with Gasteiger partial charge >= 0.3 is 0 Å². The van der Waals surface area contributed by atoms with Gasteiger partial charge in [-0.1, -0.05) is 0 Å². The van der Waals surface area contributed by atoms with Crippen LogP contribution in [0.1, 0.15) is 25.3 Å². The fraction of sp³-hybridized carbons (Fsp3) is 0.353. The number of aromatic amines is 1. The summed E-state index contributed by atoms with van der Waals surface area (Å²) in [6.45, 7) is 2.70. The van der Waals surface area contributed by atoms with Crippen LogP contribution in [0.5, 0.6) is 5.75 Å². The molecule has 2 rings (SSSR count). The molecule has 0 aliphatic heterocycles. The number of H-pyrrole nitrogens is 1. The summed E-state index contributed by atoms with van der Waals surface area (Å²) in [5.74, 6) is 0.889. The molecular weight excluding hydrogens is 304 g/mol. The van der Waals surface area contributed by atoms with Crippen molar-refractivity contribution < 1.29 is 4.74 Å². The van der Waals surface area contributed by atoms with Gasteiger partial charge in [-0.25, -0.2) is 4.98 Å². The number of nitrogens with two attached hydrogens (primary N) is 2. The van der Waals surface area contributed by atoms with E-state index in [4.69, 9.17) is 16.2 Å². The molecule has 0 aliphatic rings. The maximum Gasteiger partial charge on any atom is 0.185 e. The lowest BCUT2D eigenvalue weighted by molar-refractivity contribution is 0.418. The zero-order chi connectivity index (χ0) is 17.4. The van der Waals surface area contributed by atoms with Crippen molar-refractivity contribution in [3.05, 3.63) is 30.1 Å². The van der Waals surface area contributed by atoms with E-state index < -0.39 is 0 Å². The second-order valence-electron chi connectivity index (χ2n) is 5.44. The number of ether oxygens (including phenoxy) is 1. The van der Waals surface area contributed by atoms with Crippen LogP contribution in [0.15, 0.2) is 34.5 Å². The summed E-state index contributed by atoms with van der Waals surface area (Å²) < 4.78 is 5.47. The Morgan fingerprint density at radius 1 is 1.42 bits per heavy atom. The highest BCUT2D eigenvalue weighted by Crippen LogP contribution is 2.28. The summed E-state index contributed by atoms with van der Waals surface area (Å²) in [6.07, 6.45) is 9.17. The molecule has 1 aromatic carbocycles. The normalized spacial score (nSPS) is 12.9. The number of allylic oxidation sites excluding steroid dienone is 1. The number of aliphatic imine (C=N–C) groups is 2. The van der Waals surface area contributed by atoms with E-state index in [1.165, 1.54) is 0 Å². The van der Waals surface area contributed by atoms with Crippen molar-refractivity contribution >= 4 is 29.3 Å². The van der Waals surface area contributed by atoms with Gasteiger partial charge < -0.3 is 21.2 Å². The lowest BCUT2D eigenvalue weighted by atomic mass is 10.1. The quantitative estimate of drug-likeness (QED) is 0.391. The van der Waals surface area contributed by atoms with E-state index in [-0.39, 0.29) is 12.0 Å². The Balaban J connectivity index is 1.92. The number of methoxy groups -OCH3 is 1. The van der Waals surface area contributed by atoms with Crippen LogP contribution < -0.4 is 16.2 Å². The molecule has 24 heavy (non-hydrogen) atoms. The molecule has 0 saturated heterocycles. The van der Waals surface area contributed by atoms with E-state index in [2.05, 4.69) is 26.9 Å². The van der Waals surface area contributed by atoms with Crippen molar-refractivity contribution in [3.8, 4) is 5.75 Å². The topological polar surface area (TPSA) is 115 Å². The largest absolute Gasteiger partial charge is 0.494 e. The lowest BCUT2D eigenvalue weighted by Gasteiger charge is -2.05. The van der Waals surface area contributed by atoms with E-state index in [1.54, 1.807) is 19.7 Å². The van der Waals surface area contributed by atoms with Crippen LogP contribution in [0.2, 0.25) is 0 Å². The average Bonchev–Trinajstić information content (AvgIpc) is 3.03. The number of hydrogen-bond acceptors (Lipinski definition) is 4. The minimum Gasteiger partial charge on any atom is -0.494 e.